The SMILES string of the molecule is CCSCC(C)N(C)S(=O)(=O)Cc1noc2ccccc12. The first-order chi connectivity index (χ1) is 9.95. The number of benzene rings is 1. The van der Waals surface area contributed by atoms with Gasteiger partial charge in [0.15, 0.2) is 5.58 Å². The topological polar surface area (TPSA) is 63.4 Å². The van der Waals surface area contributed by atoms with Crippen LogP contribution in [0.25, 0.3) is 11.0 Å². The molecule has 0 spiro atoms. The van der Waals surface area contributed by atoms with Gasteiger partial charge in [-0.1, -0.05) is 24.2 Å². The van der Waals surface area contributed by atoms with Gasteiger partial charge in [-0.2, -0.15) is 11.8 Å². The second-order valence-corrected chi connectivity index (χ2v) is 8.25. The van der Waals surface area contributed by atoms with Crippen LogP contribution in [-0.4, -0.2) is 42.5 Å². The Labute approximate surface area is 129 Å². The van der Waals surface area contributed by atoms with Crippen molar-refractivity contribution in [3.8, 4) is 0 Å². The minimum Gasteiger partial charge on any atom is -0.356 e. The van der Waals surface area contributed by atoms with Crippen molar-refractivity contribution in [2.75, 3.05) is 18.6 Å². The second kappa shape index (κ2) is 6.81. The summed E-state index contributed by atoms with van der Waals surface area (Å²) in [6.45, 7) is 3.98. The number of rotatable bonds is 7. The fourth-order valence-electron chi connectivity index (χ4n) is 1.98. The monoisotopic (exact) mass is 328 g/mol. The summed E-state index contributed by atoms with van der Waals surface area (Å²) >= 11 is 1.73. The van der Waals surface area contributed by atoms with Crippen molar-refractivity contribution in [1.82, 2.24) is 9.46 Å². The molecule has 0 amide bonds. The van der Waals surface area contributed by atoms with Crippen molar-refractivity contribution < 1.29 is 12.9 Å². The quantitative estimate of drug-likeness (QED) is 0.782. The van der Waals surface area contributed by atoms with Gasteiger partial charge in [0, 0.05) is 24.2 Å². The molecule has 2 aromatic rings. The van der Waals surface area contributed by atoms with E-state index in [9.17, 15) is 8.42 Å². The molecular formula is C14H20N2O3S2. The zero-order valence-electron chi connectivity index (χ0n) is 12.4. The van der Waals surface area contributed by atoms with Crippen LogP contribution in [0.4, 0.5) is 0 Å². The van der Waals surface area contributed by atoms with Gasteiger partial charge in [0.2, 0.25) is 10.0 Å². The van der Waals surface area contributed by atoms with E-state index >= 15 is 0 Å². The Morgan fingerprint density at radius 3 is 2.81 bits per heavy atom. The summed E-state index contributed by atoms with van der Waals surface area (Å²) in [5.41, 5.74) is 1.08. The van der Waals surface area contributed by atoms with E-state index in [-0.39, 0.29) is 11.8 Å². The van der Waals surface area contributed by atoms with Crippen molar-refractivity contribution >= 4 is 32.8 Å². The second-order valence-electron chi connectivity index (χ2n) is 4.91. The van der Waals surface area contributed by atoms with Gasteiger partial charge >= 0.3 is 0 Å². The van der Waals surface area contributed by atoms with Crippen molar-refractivity contribution in [1.29, 1.82) is 0 Å². The highest BCUT2D eigenvalue weighted by Crippen LogP contribution is 2.21. The Morgan fingerprint density at radius 2 is 2.10 bits per heavy atom. The molecule has 1 heterocycles. The van der Waals surface area contributed by atoms with E-state index in [4.69, 9.17) is 4.52 Å². The number of para-hydroxylation sites is 1. The fraction of sp³-hybridized carbons (Fsp3) is 0.500. The van der Waals surface area contributed by atoms with Gasteiger partial charge < -0.3 is 4.52 Å². The first-order valence-electron chi connectivity index (χ1n) is 6.82. The van der Waals surface area contributed by atoms with Crippen LogP contribution in [0.15, 0.2) is 28.8 Å². The van der Waals surface area contributed by atoms with Crippen molar-refractivity contribution in [2.24, 2.45) is 0 Å². The van der Waals surface area contributed by atoms with Crippen molar-refractivity contribution in [2.45, 2.75) is 25.6 Å². The Balaban J connectivity index is 2.17. The molecule has 0 aliphatic carbocycles. The molecule has 1 aromatic carbocycles. The highest BCUT2D eigenvalue weighted by Gasteiger charge is 2.25. The van der Waals surface area contributed by atoms with E-state index in [1.807, 2.05) is 25.1 Å². The van der Waals surface area contributed by atoms with Crippen LogP contribution < -0.4 is 0 Å². The Kier molecular flexibility index (Phi) is 5.29. The fourth-order valence-corrected chi connectivity index (χ4v) is 4.26. The van der Waals surface area contributed by atoms with Gasteiger partial charge in [0.25, 0.3) is 0 Å². The Bertz CT molecular complexity index is 697. The van der Waals surface area contributed by atoms with Crippen LogP contribution in [0.2, 0.25) is 0 Å². The van der Waals surface area contributed by atoms with Crippen LogP contribution in [0.3, 0.4) is 0 Å². The van der Waals surface area contributed by atoms with Gasteiger partial charge in [0.1, 0.15) is 11.4 Å². The van der Waals surface area contributed by atoms with Gasteiger partial charge in [0.05, 0.1) is 0 Å². The number of thioether (sulfide) groups is 1. The minimum absolute atomic E-state index is 0.0434. The highest BCUT2D eigenvalue weighted by atomic mass is 32.2. The number of fused-ring (bicyclic) bond motifs is 1. The minimum atomic E-state index is -3.41. The molecule has 0 aliphatic heterocycles. The zero-order chi connectivity index (χ0) is 15.5. The maximum atomic E-state index is 12.5. The molecule has 5 nitrogen and oxygen atoms in total. The predicted molar refractivity (Wildman–Crippen MR) is 86.9 cm³/mol. The number of aromatic nitrogens is 1. The molecule has 0 fully saturated rings. The number of sulfonamides is 1. The molecule has 7 heteroatoms. The van der Waals surface area contributed by atoms with Gasteiger partial charge in [-0.3, -0.25) is 0 Å². The smallest absolute Gasteiger partial charge is 0.220 e. The molecule has 1 atom stereocenters. The molecule has 0 saturated carbocycles. The van der Waals surface area contributed by atoms with E-state index in [0.29, 0.717) is 11.3 Å². The predicted octanol–water partition coefficient (Wildman–Crippen LogP) is 2.73. The summed E-state index contributed by atoms with van der Waals surface area (Å²) in [4.78, 5) is 0. The lowest BCUT2D eigenvalue weighted by Crippen LogP contribution is -2.37. The Morgan fingerprint density at radius 1 is 1.38 bits per heavy atom. The molecule has 21 heavy (non-hydrogen) atoms. The summed E-state index contributed by atoms with van der Waals surface area (Å²) in [5.74, 6) is 1.62. The average molecular weight is 328 g/mol. The number of hydrogen-bond acceptors (Lipinski definition) is 5. The number of hydrogen-bond donors (Lipinski definition) is 0. The third-order valence-corrected chi connectivity index (χ3v) is 6.40. The zero-order valence-corrected chi connectivity index (χ0v) is 14.1. The normalized spacial score (nSPS) is 13.9. The summed E-state index contributed by atoms with van der Waals surface area (Å²) in [6.07, 6.45) is 0. The lowest BCUT2D eigenvalue weighted by molar-refractivity contribution is 0.411. The first-order valence-corrected chi connectivity index (χ1v) is 9.59. The molecular weight excluding hydrogens is 308 g/mol. The van der Waals surface area contributed by atoms with E-state index in [2.05, 4.69) is 12.1 Å². The molecule has 2 rings (SSSR count). The summed E-state index contributed by atoms with van der Waals surface area (Å²) < 4.78 is 31.6. The highest BCUT2D eigenvalue weighted by molar-refractivity contribution is 7.99. The van der Waals surface area contributed by atoms with Crippen LogP contribution >= 0.6 is 11.8 Å². The summed E-state index contributed by atoms with van der Waals surface area (Å²) in [6, 6.07) is 7.25. The molecule has 1 aromatic heterocycles. The lowest BCUT2D eigenvalue weighted by atomic mass is 10.2. The van der Waals surface area contributed by atoms with Crippen LogP contribution in [0.1, 0.15) is 19.5 Å². The van der Waals surface area contributed by atoms with Gasteiger partial charge in [-0.15, -0.1) is 0 Å². The molecule has 0 aliphatic rings. The van der Waals surface area contributed by atoms with Crippen molar-refractivity contribution in [3.63, 3.8) is 0 Å². The molecule has 0 radical (unpaired) electrons. The number of nitrogens with zero attached hydrogens (tertiary/aromatic N) is 2. The Hall–Kier alpha value is -1.05. The maximum absolute atomic E-state index is 12.5. The summed E-state index contributed by atoms with van der Waals surface area (Å²) in [7, 11) is -1.78. The standard InChI is InChI=1S/C14H20N2O3S2/c1-4-20-9-11(2)16(3)21(17,18)10-13-12-7-5-6-8-14(12)19-15-13/h5-8,11H,4,9-10H2,1-3H3. The maximum Gasteiger partial charge on any atom is 0.220 e. The van der Waals surface area contributed by atoms with Gasteiger partial charge in [-0.05, 0) is 24.8 Å². The van der Waals surface area contributed by atoms with Crippen LogP contribution in [0, 0.1) is 0 Å². The van der Waals surface area contributed by atoms with Gasteiger partial charge in [-0.25, -0.2) is 12.7 Å². The van der Waals surface area contributed by atoms with E-state index in [1.54, 1.807) is 24.9 Å². The largest absolute Gasteiger partial charge is 0.356 e. The average Bonchev–Trinajstić information content (AvgIpc) is 2.86. The van der Waals surface area contributed by atoms with Crippen molar-refractivity contribution in [3.05, 3.63) is 30.0 Å². The molecule has 0 N–H and O–H groups in total. The van der Waals surface area contributed by atoms with Crippen LogP contribution in [0.5, 0.6) is 0 Å². The third kappa shape index (κ3) is 3.78. The molecule has 0 bridgehead atoms. The summed E-state index contributed by atoms with van der Waals surface area (Å²) in [5, 5.41) is 4.65. The third-order valence-electron chi connectivity index (χ3n) is 3.39. The molecule has 0 saturated heterocycles. The van der Waals surface area contributed by atoms with E-state index in [0.717, 1.165) is 16.9 Å². The molecule has 1 unspecified atom stereocenters. The molecule has 116 valence electrons. The van der Waals surface area contributed by atoms with E-state index in [1.165, 1.54) is 4.31 Å². The first kappa shape index (κ1) is 16.3. The van der Waals surface area contributed by atoms with Crippen LogP contribution in [-0.2, 0) is 15.8 Å². The van der Waals surface area contributed by atoms with E-state index < -0.39 is 10.0 Å². The lowest BCUT2D eigenvalue weighted by Gasteiger charge is -2.23.